The molecule has 2 unspecified atom stereocenters. The number of carbonyl (C=O) groups excluding carboxylic acids is 2. The average Bonchev–Trinajstić information content (AvgIpc) is 3.52. The smallest absolute Gasteiger partial charge is 0.253 e. The molecule has 0 radical (unpaired) electrons. The van der Waals surface area contributed by atoms with E-state index in [2.05, 4.69) is 26.0 Å². The summed E-state index contributed by atoms with van der Waals surface area (Å²) in [5, 5.41) is 33.5. The zero-order valence-corrected chi connectivity index (χ0v) is 20.7. The number of nitrogens with one attached hydrogen (secondary N) is 3. The summed E-state index contributed by atoms with van der Waals surface area (Å²) in [5.41, 5.74) is -0.413. The van der Waals surface area contributed by atoms with Gasteiger partial charge in [-0.1, -0.05) is 0 Å². The molecule has 4 N–H and O–H groups in total. The molecule has 194 valence electrons. The third kappa shape index (κ3) is 6.10. The van der Waals surface area contributed by atoms with E-state index >= 15 is 4.39 Å². The fourth-order valence-corrected chi connectivity index (χ4v) is 4.73. The highest BCUT2D eigenvalue weighted by atomic mass is 19.1. The van der Waals surface area contributed by atoms with Gasteiger partial charge in [-0.3, -0.25) is 14.6 Å². The lowest BCUT2D eigenvalue weighted by Gasteiger charge is -2.34. The molecule has 4 rings (SSSR count). The Morgan fingerprint density at radius 3 is 2.78 bits per heavy atom. The first-order chi connectivity index (χ1) is 17.7. The predicted molar refractivity (Wildman–Crippen MR) is 133 cm³/mol. The van der Waals surface area contributed by atoms with Crippen molar-refractivity contribution < 1.29 is 19.1 Å². The second-order valence-electron chi connectivity index (χ2n) is 9.69. The Kier molecular flexibility index (Phi) is 7.80. The fourth-order valence-electron chi connectivity index (χ4n) is 4.73. The Morgan fingerprint density at radius 1 is 1.30 bits per heavy atom. The summed E-state index contributed by atoms with van der Waals surface area (Å²) >= 11 is 0. The Bertz CT molecular complexity index is 1300. The minimum atomic E-state index is -1.93. The van der Waals surface area contributed by atoms with Crippen LogP contribution in [0.15, 0.2) is 48.9 Å². The van der Waals surface area contributed by atoms with E-state index in [1.165, 1.54) is 37.0 Å². The lowest BCUT2D eigenvalue weighted by molar-refractivity contribution is -0.119. The van der Waals surface area contributed by atoms with E-state index in [9.17, 15) is 20.0 Å². The number of pyridine rings is 1. The zero-order chi connectivity index (χ0) is 26.6. The molecule has 1 fully saturated rings. The highest BCUT2D eigenvalue weighted by Crippen LogP contribution is 2.30. The van der Waals surface area contributed by atoms with Gasteiger partial charge in [0.1, 0.15) is 17.7 Å². The van der Waals surface area contributed by atoms with Gasteiger partial charge in [0.15, 0.2) is 6.17 Å². The number of aromatic nitrogens is 3. The molecule has 3 heterocycles. The second-order valence-corrected chi connectivity index (χ2v) is 9.69. The molecule has 5 atom stereocenters. The number of nitriles is 1. The summed E-state index contributed by atoms with van der Waals surface area (Å²) in [6.45, 7) is 2.78. The number of carbonyl (C=O) groups is 2. The molecule has 1 aliphatic carbocycles. The van der Waals surface area contributed by atoms with Gasteiger partial charge in [-0.05, 0) is 56.5 Å². The molecule has 3 aromatic rings. The number of hydrogen-bond donors (Lipinski definition) is 4. The number of aliphatic hydroxyl groups is 1. The lowest BCUT2D eigenvalue weighted by Crippen LogP contribution is -2.53. The monoisotopic (exact) mass is 507 g/mol. The van der Waals surface area contributed by atoms with Gasteiger partial charge in [0.25, 0.3) is 5.91 Å². The minimum Gasteiger partial charge on any atom is -0.386 e. The maximum Gasteiger partial charge on any atom is 0.253 e. The first-order valence-electron chi connectivity index (χ1n) is 12.1. The van der Waals surface area contributed by atoms with Crippen molar-refractivity contribution in [2.45, 2.75) is 63.0 Å². The summed E-state index contributed by atoms with van der Waals surface area (Å²) in [5.74, 6) is -0.648. The van der Waals surface area contributed by atoms with Crippen molar-refractivity contribution in [3.05, 3.63) is 65.7 Å². The van der Waals surface area contributed by atoms with Crippen LogP contribution in [-0.4, -0.2) is 61.9 Å². The fraction of sp³-hybridized carbons (Fsp3) is 0.423. The number of fused-ring (bicyclic) bond motifs is 1. The van der Waals surface area contributed by atoms with E-state index in [-0.39, 0.29) is 30.1 Å². The maximum absolute atomic E-state index is 16.2. The van der Waals surface area contributed by atoms with Crippen molar-refractivity contribution in [1.82, 2.24) is 30.5 Å². The van der Waals surface area contributed by atoms with E-state index in [0.717, 1.165) is 12.8 Å². The number of alkyl halides is 1. The van der Waals surface area contributed by atoms with Crippen LogP contribution in [0.5, 0.6) is 0 Å². The largest absolute Gasteiger partial charge is 0.386 e. The molecular formula is C26H30FN7O3. The molecule has 1 aliphatic rings. The quantitative estimate of drug-likeness (QED) is 0.346. The van der Waals surface area contributed by atoms with Gasteiger partial charge in [-0.2, -0.15) is 10.4 Å². The SMILES string of the molecule is CC(=O)N[C@@H]1CC[C@H](NCC(C)(O)[C@H](F)C(NC(=O)c2cccnc2)c2ccc3cc(C#N)cnn23)C1. The summed E-state index contributed by atoms with van der Waals surface area (Å²) < 4.78 is 17.7. The average molecular weight is 508 g/mol. The van der Waals surface area contributed by atoms with Gasteiger partial charge < -0.3 is 21.1 Å². The van der Waals surface area contributed by atoms with Crippen molar-refractivity contribution in [3.8, 4) is 6.07 Å². The van der Waals surface area contributed by atoms with E-state index in [0.29, 0.717) is 23.2 Å². The van der Waals surface area contributed by atoms with Gasteiger partial charge in [-0.25, -0.2) is 8.91 Å². The van der Waals surface area contributed by atoms with Gasteiger partial charge in [-0.15, -0.1) is 0 Å². The standard InChI is InChI=1S/C26H30FN7O3/c1-16(35)32-20-6-5-19(11-20)30-15-26(2,37)24(27)23(33-25(36)18-4-3-9-29-14-18)22-8-7-21-10-17(12-28)13-31-34(21)22/h3-4,7-10,13-14,19-20,23-24,30,37H,5-6,11,15H2,1-2H3,(H,32,35)(H,33,36)/t19-,20+,23?,24+,26?/m0/s1. The Balaban J connectivity index is 1.56. The molecule has 0 aromatic carbocycles. The molecule has 1 saturated carbocycles. The highest BCUT2D eigenvalue weighted by Gasteiger charge is 2.42. The number of amides is 2. The van der Waals surface area contributed by atoms with Crippen LogP contribution < -0.4 is 16.0 Å². The Hall–Kier alpha value is -3.88. The lowest BCUT2D eigenvalue weighted by atomic mass is 9.91. The molecule has 0 spiro atoms. The molecule has 10 nitrogen and oxygen atoms in total. The predicted octanol–water partition coefficient (Wildman–Crippen LogP) is 1.81. The highest BCUT2D eigenvalue weighted by molar-refractivity contribution is 5.94. The third-order valence-corrected chi connectivity index (χ3v) is 6.66. The molecular weight excluding hydrogens is 477 g/mol. The molecule has 0 bridgehead atoms. The van der Waals surface area contributed by atoms with Gasteiger partial charge in [0.05, 0.1) is 28.5 Å². The van der Waals surface area contributed by atoms with Crippen LogP contribution in [0.25, 0.3) is 5.52 Å². The van der Waals surface area contributed by atoms with Crippen LogP contribution in [0.1, 0.15) is 60.8 Å². The van der Waals surface area contributed by atoms with E-state index in [1.807, 2.05) is 6.07 Å². The van der Waals surface area contributed by atoms with Crippen molar-refractivity contribution in [3.63, 3.8) is 0 Å². The minimum absolute atomic E-state index is 0.0131. The van der Waals surface area contributed by atoms with Crippen LogP contribution in [0.2, 0.25) is 0 Å². The molecule has 11 heteroatoms. The first-order valence-corrected chi connectivity index (χ1v) is 12.1. The summed E-state index contributed by atoms with van der Waals surface area (Å²) in [7, 11) is 0. The van der Waals surface area contributed by atoms with Gasteiger partial charge >= 0.3 is 0 Å². The number of hydrogen-bond acceptors (Lipinski definition) is 7. The Labute approximate surface area is 213 Å². The van der Waals surface area contributed by atoms with E-state index in [4.69, 9.17) is 0 Å². The van der Waals surface area contributed by atoms with Crippen molar-refractivity contribution in [2.24, 2.45) is 0 Å². The maximum atomic E-state index is 16.2. The molecule has 2 amide bonds. The van der Waals surface area contributed by atoms with Crippen LogP contribution >= 0.6 is 0 Å². The van der Waals surface area contributed by atoms with Crippen molar-refractivity contribution >= 4 is 17.3 Å². The second kappa shape index (κ2) is 11.0. The van der Waals surface area contributed by atoms with Crippen LogP contribution in [0, 0.1) is 11.3 Å². The van der Waals surface area contributed by atoms with Gasteiger partial charge in [0, 0.05) is 37.9 Å². The van der Waals surface area contributed by atoms with Crippen LogP contribution in [0.3, 0.4) is 0 Å². The summed E-state index contributed by atoms with van der Waals surface area (Å²) in [6.07, 6.45) is 4.60. The number of rotatable bonds is 9. The summed E-state index contributed by atoms with van der Waals surface area (Å²) in [6, 6.07) is 8.87. The van der Waals surface area contributed by atoms with Crippen LogP contribution in [-0.2, 0) is 4.79 Å². The zero-order valence-electron chi connectivity index (χ0n) is 20.7. The number of halogens is 1. The van der Waals surface area contributed by atoms with Crippen LogP contribution in [0.4, 0.5) is 4.39 Å². The topological polar surface area (TPSA) is 144 Å². The summed E-state index contributed by atoms with van der Waals surface area (Å²) in [4.78, 5) is 28.3. The first kappa shape index (κ1) is 26.2. The number of nitrogens with zero attached hydrogens (tertiary/aromatic N) is 4. The van der Waals surface area contributed by atoms with Crippen molar-refractivity contribution in [1.29, 1.82) is 5.26 Å². The van der Waals surface area contributed by atoms with E-state index < -0.39 is 23.7 Å². The third-order valence-electron chi connectivity index (χ3n) is 6.66. The molecule has 3 aromatic heterocycles. The normalized spacial score (nSPS) is 20.5. The molecule has 37 heavy (non-hydrogen) atoms. The molecule has 0 saturated heterocycles. The Morgan fingerprint density at radius 2 is 2.08 bits per heavy atom. The molecule has 0 aliphatic heterocycles. The van der Waals surface area contributed by atoms with Gasteiger partial charge in [0.2, 0.25) is 5.91 Å². The van der Waals surface area contributed by atoms with Crippen molar-refractivity contribution in [2.75, 3.05) is 6.54 Å². The van der Waals surface area contributed by atoms with E-state index in [1.54, 1.807) is 30.3 Å².